The average Bonchev–Trinajstić information content (AvgIpc) is 2.64. The molecule has 3 rings (SSSR count). The molecular weight excluding hydrogens is 324 g/mol. The molecule has 26 heavy (non-hydrogen) atoms. The van der Waals surface area contributed by atoms with Gasteiger partial charge < -0.3 is 10.6 Å². The van der Waals surface area contributed by atoms with E-state index < -0.39 is 0 Å². The molecule has 2 N–H and O–H groups in total. The van der Waals surface area contributed by atoms with Crippen LogP contribution in [0, 0.1) is 13.8 Å². The molecule has 1 aromatic heterocycles. The van der Waals surface area contributed by atoms with Gasteiger partial charge in [0, 0.05) is 17.4 Å². The second kappa shape index (κ2) is 7.78. The lowest BCUT2D eigenvalue weighted by atomic mass is 10.1. The monoisotopic (exact) mass is 346 g/mol. The number of nitrogens with one attached hydrogen (secondary N) is 2. The number of nitrogens with zero attached hydrogens (tertiary/aromatic N) is 2. The van der Waals surface area contributed by atoms with Crippen LogP contribution in [0.2, 0.25) is 0 Å². The number of aromatic nitrogens is 2. The Morgan fingerprint density at radius 3 is 2.42 bits per heavy atom. The maximum atomic E-state index is 12.6. The quantitative estimate of drug-likeness (QED) is 0.705. The first-order valence-electron chi connectivity index (χ1n) is 8.64. The number of anilines is 3. The van der Waals surface area contributed by atoms with Gasteiger partial charge in [0.05, 0.1) is 0 Å². The van der Waals surface area contributed by atoms with Gasteiger partial charge in [-0.2, -0.15) is 0 Å². The maximum Gasteiger partial charge on any atom is 0.274 e. The molecule has 0 aliphatic rings. The van der Waals surface area contributed by atoms with Gasteiger partial charge in [-0.15, -0.1) is 0 Å². The van der Waals surface area contributed by atoms with Gasteiger partial charge in [0.1, 0.15) is 17.3 Å². The Balaban J connectivity index is 1.80. The van der Waals surface area contributed by atoms with Gasteiger partial charge in [0.25, 0.3) is 5.91 Å². The fraction of sp³-hybridized carbons (Fsp3) is 0.190. The number of hydrogen-bond acceptors (Lipinski definition) is 4. The molecule has 5 nitrogen and oxygen atoms in total. The minimum Gasteiger partial charge on any atom is -0.340 e. The molecule has 0 fully saturated rings. The number of rotatable bonds is 5. The van der Waals surface area contributed by atoms with Crippen LogP contribution in [0.5, 0.6) is 0 Å². The van der Waals surface area contributed by atoms with Gasteiger partial charge in [-0.1, -0.05) is 37.3 Å². The zero-order valence-electron chi connectivity index (χ0n) is 15.2. The van der Waals surface area contributed by atoms with Crippen LogP contribution in [0.3, 0.4) is 0 Å². The smallest absolute Gasteiger partial charge is 0.274 e. The number of amides is 1. The highest BCUT2D eigenvalue weighted by molar-refractivity contribution is 6.03. The van der Waals surface area contributed by atoms with Crippen LogP contribution in [0.4, 0.5) is 17.2 Å². The molecule has 5 heteroatoms. The molecule has 2 aromatic carbocycles. The van der Waals surface area contributed by atoms with Crippen LogP contribution in [0.25, 0.3) is 0 Å². The first kappa shape index (κ1) is 17.6. The van der Waals surface area contributed by atoms with Crippen molar-refractivity contribution in [1.82, 2.24) is 9.97 Å². The van der Waals surface area contributed by atoms with Crippen LogP contribution < -0.4 is 10.6 Å². The largest absolute Gasteiger partial charge is 0.340 e. The predicted octanol–water partition coefficient (Wildman–Crippen LogP) is 4.65. The number of hydrogen-bond donors (Lipinski definition) is 2. The number of benzene rings is 2. The molecule has 0 radical (unpaired) electrons. The van der Waals surface area contributed by atoms with Crippen molar-refractivity contribution in [3.63, 3.8) is 0 Å². The fourth-order valence-corrected chi connectivity index (χ4v) is 2.62. The zero-order valence-corrected chi connectivity index (χ0v) is 15.2. The topological polar surface area (TPSA) is 66.9 Å². The lowest BCUT2D eigenvalue weighted by Gasteiger charge is -2.10. The zero-order chi connectivity index (χ0) is 18.5. The third-order valence-corrected chi connectivity index (χ3v) is 4.10. The lowest BCUT2D eigenvalue weighted by molar-refractivity contribution is 0.102. The molecule has 1 amide bonds. The first-order valence-corrected chi connectivity index (χ1v) is 8.64. The summed E-state index contributed by atoms with van der Waals surface area (Å²) >= 11 is 0. The van der Waals surface area contributed by atoms with Crippen molar-refractivity contribution in [2.45, 2.75) is 27.2 Å². The minimum atomic E-state index is -0.255. The molecular formula is C21H22N4O. The number of para-hydroxylation sites is 1. The highest BCUT2D eigenvalue weighted by atomic mass is 16.1. The number of aryl methyl sites for hydroxylation is 3. The second-order valence-corrected chi connectivity index (χ2v) is 6.13. The summed E-state index contributed by atoms with van der Waals surface area (Å²) < 4.78 is 0. The third kappa shape index (κ3) is 4.25. The van der Waals surface area contributed by atoms with Crippen molar-refractivity contribution in [1.29, 1.82) is 0 Å². The summed E-state index contributed by atoms with van der Waals surface area (Å²) in [7, 11) is 0. The van der Waals surface area contributed by atoms with Gasteiger partial charge >= 0.3 is 0 Å². The molecule has 0 atom stereocenters. The van der Waals surface area contributed by atoms with Crippen molar-refractivity contribution in [2.24, 2.45) is 0 Å². The first-order chi connectivity index (χ1) is 12.5. The molecule has 1 heterocycles. The van der Waals surface area contributed by atoms with E-state index in [1.165, 1.54) is 5.56 Å². The standard InChI is InChI=1S/C21H22N4O/c1-4-16-9-11-17(12-10-16)24-20-13-19(22-15(3)23-20)21(26)25-18-8-6-5-7-14(18)2/h5-13H,4H2,1-3H3,(H,25,26)(H,22,23,24). The third-order valence-electron chi connectivity index (χ3n) is 4.10. The van der Waals surface area contributed by atoms with Gasteiger partial charge in [-0.05, 0) is 49.6 Å². The van der Waals surface area contributed by atoms with Crippen molar-refractivity contribution in [3.8, 4) is 0 Å². The van der Waals surface area contributed by atoms with Crippen LogP contribution in [-0.2, 0) is 6.42 Å². The van der Waals surface area contributed by atoms with Crippen molar-refractivity contribution in [2.75, 3.05) is 10.6 Å². The predicted molar refractivity (Wildman–Crippen MR) is 105 cm³/mol. The molecule has 132 valence electrons. The molecule has 0 aliphatic carbocycles. The average molecular weight is 346 g/mol. The van der Waals surface area contributed by atoms with E-state index in [0.717, 1.165) is 23.4 Å². The van der Waals surface area contributed by atoms with Gasteiger partial charge in [-0.3, -0.25) is 4.79 Å². The van der Waals surface area contributed by atoms with Crippen LogP contribution in [-0.4, -0.2) is 15.9 Å². The molecule has 0 bridgehead atoms. The Hall–Kier alpha value is -3.21. The summed E-state index contributed by atoms with van der Waals surface area (Å²) in [6.45, 7) is 5.85. The number of carbonyl (C=O) groups is 1. The van der Waals surface area contributed by atoms with E-state index in [2.05, 4.69) is 39.7 Å². The molecule has 0 unspecified atom stereocenters. The van der Waals surface area contributed by atoms with Gasteiger partial charge in [0.15, 0.2) is 0 Å². The van der Waals surface area contributed by atoms with Crippen molar-refractivity contribution >= 4 is 23.1 Å². The Morgan fingerprint density at radius 2 is 1.73 bits per heavy atom. The Morgan fingerprint density at radius 1 is 1.00 bits per heavy atom. The maximum absolute atomic E-state index is 12.6. The molecule has 0 spiro atoms. The van der Waals surface area contributed by atoms with Crippen LogP contribution in [0.15, 0.2) is 54.6 Å². The van der Waals surface area contributed by atoms with E-state index in [4.69, 9.17) is 0 Å². The SMILES string of the molecule is CCc1ccc(Nc2cc(C(=O)Nc3ccccc3C)nc(C)n2)cc1. The van der Waals surface area contributed by atoms with E-state index in [0.29, 0.717) is 17.3 Å². The van der Waals surface area contributed by atoms with Crippen molar-refractivity contribution < 1.29 is 4.79 Å². The Bertz CT molecular complexity index is 920. The van der Waals surface area contributed by atoms with Gasteiger partial charge in [-0.25, -0.2) is 9.97 Å². The Labute approximate surface area is 153 Å². The summed E-state index contributed by atoms with van der Waals surface area (Å²) in [6.07, 6.45) is 0.996. The molecule has 3 aromatic rings. The Kier molecular flexibility index (Phi) is 5.27. The van der Waals surface area contributed by atoms with E-state index in [9.17, 15) is 4.79 Å². The van der Waals surface area contributed by atoms with E-state index in [1.807, 2.05) is 43.3 Å². The highest BCUT2D eigenvalue weighted by Crippen LogP contribution is 2.18. The van der Waals surface area contributed by atoms with E-state index >= 15 is 0 Å². The summed E-state index contributed by atoms with van der Waals surface area (Å²) in [5.74, 6) is 0.876. The van der Waals surface area contributed by atoms with E-state index in [1.54, 1.807) is 13.0 Å². The highest BCUT2D eigenvalue weighted by Gasteiger charge is 2.12. The molecule has 0 saturated carbocycles. The van der Waals surface area contributed by atoms with E-state index in [-0.39, 0.29) is 5.91 Å². The van der Waals surface area contributed by atoms with Crippen LogP contribution >= 0.6 is 0 Å². The van der Waals surface area contributed by atoms with Crippen molar-refractivity contribution in [3.05, 3.63) is 77.2 Å². The molecule has 0 saturated heterocycles. The summed E-state index contributed by atoms with van der Waals surface area (Å²) in [5.41, 5.74) is 4.30. The minimum absolute atomic E-state index is 0.255. The lowest BCUT2D eigenvalue weighted by Crippen LogP contribution is -2.16. The normalized spacial score (nSPS) is 10.4. The second-order valence-electron chi connectivity index (χ2n) is 6.13. The summed E-state index contributed by atoms with van der Waals surface area (Å²) in [6, 6.07) is 17.5. The number of carbonyl (C=O) groups excluding carboxylic acids is 1. The van der Waals surface area contributed by atoms with Crippen LogP contribution in [0.1, 0.15) is 34.4 Å². The van der Waals surface area contributed by atoms with Gasteiger partial charge in [0.2, 0.25) is 0 Å². The fourth-order valence-electron chi connectivity index (χ4n) is 2.62. The summed E-state index contributed by atoms with van der Waals surface area (Å²) in [4.78, 5) is 21.2. The summed E-state index contributed by atoms with van der Waals surface area (Å²) in [5, 5.41) is 6.14. The molecule has 0 aliphatic heterocycles.